The number of hydrogen-bond acceptors (Lipinski definition) is 2. The maximum absolute atomic E-state index is 12.5. The van der Waals surface area contributed by atoms with Crippen LogP contribution in [0, 0.1) is 0 Å². The van der Waals surface area contributed by atoms with E-state index < -0.39 is 10.0 Å². The minimum Gasteiger partial charge on any atom is -0.207 e. The van der Waals surface area contributed by atoms with Crippen LogP contribution in [0.25, 0.3) is 0 Å². The van der Waals surface area contributed by atoms with Gasteiger partial charge in [-0.25, -0.2) is 8.42 Å². The van der Waals surface area contributed by atoms with Crippen molar-refractivity contribution in [2.75, 3.05) is 0 Å². The molecule has 3 nitrogen and oxygen atoms in total. The highest BCUT2D eigenvalue weighted by atomic mass is 32.2. The van der Waals surface area contributed by atoms with E-state index in [4.69, 9.17) is 0 Å². The molecule has 0 bridgehead atoms. The summed E-state index contributed by atoms with van der Waals surface area (Å²) >= 11 is 0. The smallest absolute Gasteiger partial charge is 0.207 e. The zero-order valence-electron chi connectivity index (χ0n) is 10.2. The van der Waals surface area contributed by atoms with Crippen LogP contribution in [-0.2, 0) is 16.4 Å². The van der Waals surface area contributed by atoms with Crippen molar-refractivity contribution in [2.45, 2.75) is 23.4 Å². The average molecular weight is 271 g/mol. The highest BCUT2D eigenvalue weighted by Crippen LogP contribution is 2.54. The number of nitrogens with zero attached hydrogens (tertiary/aromatic N) is 1. The van der Waals surface area contributed by atoms with E-state index in [-0.39, 0.29) is 12.1 Å². The molecule has 1 aliphatic heterocycles. The van der Waals surface area contributed by atoms with Crippen molar-refractivity contribution in [3.05, 3.63) is 65.7 Å². The normalized spacial score (nSPS) is 27.7. The van der Waals surface area contributed by atoms with Gasteiger partial charge >= 0.3 is 0 Å². The Morgan fingerprint density at radius 2 is 1.63 bits per heavy atom. The van der Waals surface area contributed by atoms with Crippen LogP contribution in [0.3, 0.4) is 0 Å². The molecule has 1 heterocycles. The van der Waals surface area contributed by atoms with Gasteiger partial charge in [0.25, 0.3) is 0 Å². The molecule has 0 aromatic heterocycles. The van der Waals surface area contributed by atoms with Crippen LogP contribution in [0.15, 0.2) is 59.5 Å². The third-order valence-electron chi connectivity index (χ3n) is 4.00. The summed E-state index contributed by atoms with van der Waals surface area (Å²) < 4.78 is 26.7. The predicted octanol–water partition coefficient (Wildman–Crippen LogP) is 2.36. The monoisotopic (exact) mass is 271 g/mol. The van der Waals surface area contributed by atoms with Gasteiger partial charge in [-0.05, 0) is 29.7 Å². The first kappa shape index (κ1) is 11.2. The van der Waals surface area contributed by atoms with Gasteiger partial charge in [0, 0.05) is 0 Å². The van der Waals surface area contributed by atoms with Gasteiger partial charge in [0.2, 0.25) is 10.0 Å². The van der Waals surface area contributed by atoms with E-state index in [9.17, 15) is 8.42 Å². The zero-order valence-corrected chi connectivity index (χ0v) is 11.0. The third kappa shape index (κ3) is 1.50. The Balaban J connectivity index is 1.72. The Morgan fingerprint density at radius 3 is 2.42 bits per heavy atom. The minimum atomic E-state index is -3.33. The largest absolute Gasteiger partial charge is 0.244 e. The summed E-state index contributed by atoms with van der Waals surface area (Å²) in [7, 11) is -3.33. The summed E-state index contributed by atoms with van der Waals surface area (Å²) in [6.45, 7) is 0. The molecule has 4 rings (SSSR count). The van der Waals surface area contributed by atoms with E-state index in [1.54, 1.807) is 28.6 Å². The molecule has 1 unspecified atom stereocenters. The second-order valence-corrected chi connectivity index (χ2v) is 6.91. The van der Waals surface area contributed by atoms with Gasteiger partial charge in [-0.3, -0.25) is 0 Å². The molecule has 1 saturated heterocycles. The van der Waals surface area contributed by atoms with Crippen molar-refractivity contribution in [3.63, 3.8) is 0 Å². The van der Waals surface area contributed by atoms with Gasteiger partial charge in [-0.2, -0.15) is 4.31 Å². The van der Waals surface area contributed by atoms with Gasteiger partial charge in [0.05, 0.1) is 17.0 Å². The van der Waals surface area contributed by atoms with Crippen LogP contribution >= 0.6 is 0 Å². The number of fused-ring (bicyclic) bond motifs is 3. The van der Waals surface area contributed by atoms with E-state index >= 15 is 0 Å². The van der Waals surface area contributed by atoms with Crippen molar-refractivity contribution >= 4 is 10.0 Å². The molecule has 0 amide bonds. The molecule has 0 radical (unpaired) electrons. The van der Waals surface area contributed by atoms with Gasteiger partial charge in [-0.15, -0.1) is 0 Å². The minimum absolute atomic E-state index is 0.0569. The molecule has 2 aromatic carbocycles. The summed E-state index contributed by atoms with van der Waals surface area (Å²) in [6.07, 6.45) is 0.840. The summed E-state index contributed by atoms with van der Waals surface area (Å²) in [5.74, 6) is 0. The fourth-order valence-electron chi connectivity index (χ4n) is 3.08. The lowest BCUT2D eigenvalue weighted by Crippen LogP contribution is -2.17. The molecule has 0 spiro atoms. The molecule has 2 aliphatic rings. The molecule has 96 valence electrons. The molecule has 1 fully saturated rings. The highest BCUT2D eigenvalue weighted by Gasteiger charge is 2.59. The molecule has 4 heteroatoms. The average Bonchev–Trinajstić information content (AvgIpc) is 3.05. The highest BCUT2D eigenvalue weighted by molar-refractivity contribution is 7.89. The van der Waals surface area contributed by atoms with E-state index in [1.807, 2.05) is 24.3 Å². The molecule has 1 aliphatic carbocycles. The molecule has 2 aromatic rings. The summed E-state index contributed by atoms with van der Waals surface area (Å²) in [6, 6.07) is 17.0. The summed E-state index contributed by atoms with van der Waals surface area (Å²) in [5.41, 5.74) is 2.46. The Bertz CT molecular complexity index is 740. The van der Waals surface area contributed by atoms with Crippen LogP contribution in [0.2, 0.25) is 0 Å². The maximum Gasteiger partial charge on any atom is 0.244 e. The first-order chi connectivity index (χ1) is 9.19. The van der Waals surface area contributed by atoms with Crippen molar-refractivity contribution in [2.24, 2.45) is 0 Å². The predicted molar refractivity (Wildman–Crippen MR) is 72.1 cm³/mol. The van der Waals surface area contributed by atoms with E-state index in [2.05, 4.69) is 6.07 Å². The van der Waals surface area contributed by atoms with Gasteiger partial charge in [0.1, 0.15) is 0 Å². The second kappa shape index (κ2) is 3.68. The van der Waals surface area contributed by atoms with Crippen molar-refractivity contribution in [1.82, 2.24) is 4.31 Å². The number of benzene rings is 2. The van der Waals surface area contributed by atoms with Crippen LogP contribution in [0.1, 0.15) is 17.2 Å². The molecule has 19 heavy (non-hydrogen) atoms. The van der Waals surface area contributed by atoms with Gasteiger partial charge in [-0.1, -0.05) is 42.5 Å². The lowest BCUT2D eigenvalue weighted by Gasteiger charge is -2.11. The third-order valence-corrected chi connectivity index (χ3v) is 5.92. The van der Waals surface area contributed by atoms with Crippen LogP contribution < -0.4 is 0 Å². The summed E-state index contributed by atoms with van der Waals surface area (Å²) in [5, 5.41) is 0. The second-order valence-electron chi connectivity index (χ2n) is 5.06. The number of rotatable bonds is 2. The van der Waals surface area contributed by atoms with Crippen molar-refractivity contribution in [1.29, 1.82) is 0 Å². The van der Waals surface area contributed by atoms with Crippen molar-refractivity contribution in [3.8, 4) is 0 Å². The molecular formula is C15H13NO2S. The van der Waals surface area contributed by atoms with E-state index in [1.165, 1.54) is 11.1 Å². The lowest BCUT2D eigenvalue weighted by molar-refractivity contribution is 0.541. The Kier molecular flexibility index (Phi) is 2.17. The van der Waals surface area contributed by atoms with E-state index in [0.29, 0.717) is 4.90 Å². The maximum atomic E-state index is 12.5. The van der Waals surface area contributed by atoms with Crippen LogP contribution in [0.5, 0.6) is 0 Å². The first-order valence-electron chi connectivity index (χ1n) is 6.36. The fraction of sp³-hybridized carbons (Fsp3) is 0.200. The molecule has 0 saturated carbocycles. The first-order valence-corrected chi connectivity index (χ1v) is 7.80. The molecule has 0 N–H and O–H groups in total. The molecular weight excluding hydrogens is 258 g/mol. The Labute approximate surface area is 112 Å². The van der Waals surface area contributed by atoms with E-state index in [0.717, 1.165) is 6.42 Å². The Hall–Kier alpha value is -1.65. The lowest BCUT2D eigenvalue weighted by atomic mass is 10.1. The van der Waals surface area contributed by atoms with Gasteiger partial charge in [0.15, 0.2) is 0 Å². The summed E-state index contributed by atoms with van der Waals surface area (Å²) in [4.78, 5) is 0.391. The SMILES string of the molecule is O=S(=O)(c1ccccc1)N1[C@H]2Cc3ccccc3[C@@H]21. The number of hydrogen-bond donors (Lipinski definition) is 0. The van der Waals surface area contributed by atoms with Crippen LogP contribution in [0.4, 0.5) is 0 Å². The molecule has 3 atom stereocenters. The van der Waals surface area contributed by atoms with Crippen LogP contribution in [-0.4, -0.2) is 18.8 Å². The number of sulfonamides is 1. The fourth-order valence-corrected chi connectivity index (χ4v) is 4.87. The zero-order chi connectivity index (χ0) is 13.0. The quantitative estimate of drug-likeness (QED) is 0.786. The van der Waals surface area contributed by atoms with Crippen molar-refractivity contribution < 1.29 is 8.42 Å². The standard InChI is InChI=1S/C15H13NO2S/c17-19(18,12-7-2-1-3-8-12)16-14-10-11-6-4-5-9-13(11)15(14)16/h1-9,14-15H,10H2/t14-,15-,16?/m0/s1. The topological polar surface area (TPSA) is 37.1 Å². The van der Waals surface area contributed by atoms with Gasteiger partial charge < -0.3 is 0 Å². The Morgan fingerprint density at radius 1 is 0.947 bits per heavy atom.